The lowest BCUT2D eigenvalue weighted by molar-refractivity contribution is 0.460. The van der Waals surface area contributed by atoms with Crippen LogP contribution in [0.5, 0.6) is 11.6 Å². The highest BCUT2D eigenvalue weighted by Gasteiger charge is 2.03. The molecule has 0 radical (unpaired) electrons. The van der Waals surface area contributed by atoms with E-state index in [1.807, 2.05) is 30.3 Å². The Balaban J connectivity index is 2.25. The summed E-state index contributed by atoms with van der Waals surface area (Å²) >= 11 is 3.34. The van der Waals surface area contributed by atoms with Crippen molar-refractivity contribution in [2.75, 3.05) is 5.73 Å². The van der Waals surface area contributed by atoms with Crippen molar-refractivity contribution in [2.45, 2.75) is 0 Å². The Morgan fingerprint density at radius 2 is 1.93 bits per heavy atom. The van der Waals surface area contributed by atoms with Crippen molar-refractivity contribution >= 4 is 21.6 Å². The fourth-order valence-electron chi connectivity index (χ4n) is 1.12. The fraction of sp³-hybridized carbons (Fsp3) is 0. The van der Waals surface area contributed by atoms with Crippen LogP contribution in [0.25, 0.3) is 0 Å². The zero-order chi connectivity index (χ0) is 10.7. The number of para-hydroxylation sites is 1. The lowest BCUT2D eigenvalue weighted by Crippen LogP contribution is -1.91. The smallest absolute Gasteiger partial charge is 0.233 e. The molecular weight excluding hydrogens is 256 g/mol. The second-order valence-corrected chi connectivity index (χ2v) is 3.83. The molecule has 0 fully saturated rings. The number of nitrogens with two attached hydrogens (primary N) is 1. The number of nitrogen functional groups attached to an aromatic ring is 1. The number of pyridine rings is 1. The lowest BCUT2D eigenvalue weighted by Gasteiger charge is -2.06. The molecule has 0 aliphatic carbocycles. The Hall–Kier alpha value is -1.55. The van der Waals surface area contributed by atoms with E-state index in [4.69, 9.17) is 10.5 Å². The van der Waals surface area contributed by atoms with Gasteiger partial charge in [0.25, 0.3) is 0 Å². The van der Waals surface area contributed by atoms with Crippen molar-refractivity contribution in [2.24, 2.45) is 0 Å². The first-order valence-electron chi connectivity index (χ1n) is 4.39. The van der Waals surface area contributed by atoms with Crippen molar-refractivity contribution in [1.82, 2.24) is 4.98 Å². The van der Waals surface area contributed by atoms with E-state index in [1.54, 1.807) is 12.3 Å². The molecule has 1 heterocycles. The van der Waals surface area contributed by atoms with E-state index < -0.39 is 0 Å². The topological polar surface area (TPSA) is 48.1 Å². The molecule has 0 saturated heterocycles. The third-order valence-corrected chi connectivity index (χ3v) is 2.35. The van der Waals surface area contributed by atoms with Crippen molar-refractivity contribution in [3.8, 4) is 11.6 Å². The van der Waals surface area contributed by atoms with Gasteiger partial charge in [0, 0.05) is 0 Å². The van der Waals surface area contributed by atoms with E-state index >= 15 is 0 Å². The Kier molecular flexibility index (Phi) is 2.87. The van der Waals surface area contributed by atoms with Gasteiger partial charge in [-0.1, -0.05) is 18.2 Å². The first kappa shape index (κ1) is 9.98. The summed E-state index contributed by atoms with van der Waals surface area (Å²) in [6, 6.07) is 11.2. The standard InChI is InChI=1S/C11H9BrN2O/c12-10-6-8(13)7-14-11(10)15-9-4-2-1-3-5-9/h1-7H,13H2. The second-order valence-electron chi connectivity index (χ2n) is 2.97. The molecule has 2 aromatic rings. The molecule has 2 N–H and O–H groups in total. The molecule has 0 unspecified atom stereocenters. The van der Waals surface area contributed by atoms with Crippen LogP contribution in [0.2, 0.25) is 0 Å². The first-order chi connectivity index (χ1) is 7.25. The van der Waals surface area contributed by atoms with Crippen molar-refractivity contribution < 1.29 is 4.74 Å². The van der Waals surface area contributed by atoms with Gasteiger partial charge >= 0.3 is 0 Å². The molecule has 0 atom stereocenters. The molecule has 4 heteroatoms. The van der Waals surface area contributed by atoms with E-state index in [-0.39, 0.29) is 0 Å². The van der Waals surface area contributed by atoms with E-state index in [2.05, 4.69) is 20.9 Å². The molecule has 0 amide bonds. The third-order valence-electron chi connectivity index (χ3n) is 1.79. The average Bonchev–Trinajstić information content (AvgIpc) is 2.24. The quantitative estimate of drug-likeness (QED) is 0.906. The van der Waals surface area contributed by atoms with Gasteiger partial charge < -0.3 is 10.5 Å². The molecule has 76 valence electrons. The van der Waals surface area contributed by atoms with Crippen LogP contribution >= 0.6 is 15.9 Å². The molecule has 0 bridgehead atoms. The Bertz CT molecular complexity index is 459. The van der Waals surface area contributed by atoms with Crippen LogP contribution in [0, 0.1) is 0 Å². The van der Waals surface area contributed by atoms with Crippen LogP contribution in [0.3, 0.4) is 0 Å². The SMILES string of the molecule is Nc1cnc(Oc2ccccc2)c(Br)c1. The minimum Gasteiger partial charge on any atom is -0.438 e. The van der Waals surface area contributed by atoms with E-state index in [1.165, 1.54) is 0 Å². The summed E-state index contributed by atoms with van der Waals surface area (Å²) in [6.45, 7) is 0. The number of hydrogen-bond donors (Lipinski definition) is 1. The number of nitrogens with zero attached hydrogens (tertiary/aromatic N) is 1. The Labute approximate surface area is 96.0 Å². The van der Waals surface area contributed by atoms with Crippen LogP contribution in [0.15, 0.2) is 47.1 Å². The van der Waals surface area contributed by atoms with Crippen LogP contribution in [0.4, 0.5) is 5.69 Å². The highest BCUT2D eigenvalue weighted by Crippen LogP contribution is 2.28. The molecule has 3 nitrogen and oxygen atoms in total. The van der Waals surface area contributed by atoms with E-state index in [0.29, 0.717) is 11.6 Å². The number of ether oxygens (including phenoxy) is 1. The zero-order valence-corrected chi connectivity index (χ0v) is 9.44. The number of hydrogen-bond acceptors (Lipinski definition) is 3. The largest absolute Gasteiger partial charge is 0.438 e. The van der Waals surface area contributed by atoms with Gasteiger partial charge in [0.05, 0.1) is 16.4 Å². The van der Waals surface area contributed by atoms with Crippen LogP contribution < -0.4 is 10.5 Å². The number of anilines is 1. The molecule has 0 aliphatic heterocycles. The summed E-state index contributed by atoms with van der Waals surface area (Å²) < 4.78 is 6.29. The van der Waals surface area contributed by atoms with Crippen LogP contribution in [-0.2, 0) is 0 Å². The molecule has 1 aromatic heterocycles. The summed E-state index contributed by atoms with van der Waals surface area (Å²) in [4.78, 5) is 4.08. The second kappa shape index (κ2) is 4.31. The molecule has 0 aliphatic rings. The number of rotatable bonds is 2. The highest BCUT2D eigenvalue weighted by molar-refractivity contribution is 9.10. The van der Waals surface area contributed by atoms with Crippen LogP contribution in [0.1, 0.15) is 0 Å². The van der Waals surface area contributed by atoms with Gasteiger partial charge in [-0.05, 0) is 34.1 Å². The van der Waals surface area contributed by atoms with Gasteiger partial charge in [-0.25, -0.2) is 4.98 Å². The highest BCUT2D eigenvalue weighted by atomic mass is 79.9. The number of aromatic nitrogens is 1. The van der Waals surface area contributed by atoms with Gasteiger partial charge in [0.1, 0.15) is 5.75 Å². The van der Waals surface area contributed by atoms with E-state index in [0.717, 1.165) is 10.2 Å². The zero-order valence-electron chi connectivity index (χ0n) is 7.85. The van der Waals surface area contributed by atoms with E-state index in [9.17, 15) is 0 Å². The maximum Gasteiger partial charge on any atom is 0.233 e. The molecular formula is C11H9BrN2O. The van der Waals surface area contributed by atoms with Crippen molar-refractivity contribution in [1.29, 1.82) is 0 Å². The van der Waals surface area contributed by atoms with Gasteiger partial charge in [-0.15, -0.1) is 0 Å². The lowest BCUT2D eigenvalue weighted by atomic mass is 10.3. The summed E-state index contributed by atoms with van der Waals surface area (Å²) in [5, 5.41) is 0. The van der Waals surface area contributed by atoms with Crippen LogP contribution in [-0.4, -0.2) is 4.98 Å². The van der Waals surface area contributed by atoms with Gasteiger partial charge in [0.15, 0.2) is 0 Å². The predicted octanol–water partition coefficient (Wildman–Crippen LogP) is 3.22. The third kappa shape index (κ3) is 2.47. The summed E-state index contributed by atoms with van der Waals surface area (Å²) in [6.07, 6.45) is 1.56. The monoisotopic (exact) mass is 264 g/mol. The minimum absolute atomic E-state index is 0.510. The normalized spacial score (nSPS) is 9.93. The fourth-order valence-corrected chi connectivity index (χ4v) is 1.56. The first-order valence-corrected chi connectivity index (χ1v) is 5.19. The Morgan fingerprint density at radius 3 is 2.60 bits per heavy atom. The summed E-state index contributed by atoms with van der Waals surface area (Å²) in [7, 11) is 0. The molecule has 0 saturated carbocycles. The molecule has 2 rings (SSSR count). The molecule has 0 spiro atoms. The maximum absolute atomic E-state index is 5.57. The summed E-state index contributed by atoms with van der Waals surface area (Å²) in [5.41, 5.74) is 6.17. The summed E-state index contributed by atoms with van der Waals surface area (Å²) in [5.74, 6) is 1.26. The van der Waals surface area contributed by atoms with Gasteiger partial charge in [-0.2, -0.15) is 0 Å². The molecule has 1 aromatic carbocycles. The maximum atomic E-state index is 5.57. The van der Waals surface area contributed by atoms with Crippen molar-refractivity contribution in [3.63, 3.8) is 0 Å². The van der Waals surface area contributed by atoms with Crippen molar-refractivity contribution in [3.05, 3.63) is 47.1 Å². The predicted molar refractivity (Wildman–Crippen MR) is 62.9 cm³/mol. The number of halogens is 1. The Morgan fingerprint density at radius 1 is 1.20 bits per heavy atom. The molecule has 15 heavy (non-hydrogen) atoms. The number of benzene rings is 1. The van der Waals surface area contributed by atoms with Gasteiger partial charge in [-0.3, -0.25) is 0 Å². The minimum atomic E-state index is 0.510. The average molecular weight is 265 g/mol. The van der Waals surface area contributed by atoms with Gasteiger partial charge in [0.2, 0.25) is 5.88 Å².